The molecule has 64 heavy (non-hydrogen) atoms. The summed E-state index contributed by atoms with van der Waals surface area (Å²) in [6.07, 6.45) is 0. The summed E-state index contributed by atoms with van der Waals surface area (Å²) >= 11 is 1.88. The highest BCUT2D eigenvalue weighted by Gasteiger charge is 2.47. The van der Waals surface area contributed by atoms with Gasteiger partial charge in [-0.1, -0.05) is 202 Å². The Morgan fingerprint density at radius 2 is 0.969 bits per heavy atom. The molecule has 1 nitrogen and oxygen atoms in total. The van der Waals surface area contributed by atoms with Crippen molar-refractivity contribution in [2.24, 2.45) is 0 Å². The Hall–Kier alpha value is -7.52. The largest absolute Gasteiger partial charge is 0.310 e. The predicted molar refractivity (Wildman–Crippen MR) is 272 cm³/mol. The minimum absolute atomic E-state index is 0.144. The number of benzene rings is 10. The van der Waals surface area contributed by atoms with Gasteiger partial charge in [-0.3, -0.25) is 0 Å². The maximum absolute atomic E-state index is 2.55. The first-order valence-corrected chi connectivity index (χ1v) is 23.2. The third-order valence-corrected chi connectivity index (χ3v) is 15.5. The Morgan fingerprint density at radius 1 is 0.375 bits per heavy atom. The molecule has 13 rings (SSSR count). The van der Waals surface area contributed by atoms with Gasteiger partial charge in [0.05, 0.1) is 11.1 Å². The Kier molecular flexibility index (Phi) is 8.11. The van der Waals surface area contributed by atoms with Crippen molar-refractivity contribution < 1.29 is 0 Å². The van der Waals surface area contributed by atoms with E-state index in [0.29, 0.717) is 0 Å². The average molecular weight is 834 g/mol. The van der Waals surface area contributed by atoms with Crippen molar-refractivity contribution in [3.8, 4) is 33.4 Å². The van der Waals surface area contributed by atoms with Crippen LogP contribution >= 0.6 is 11.3 Å². The lowest BCUT2D eigenvalue weighted by atomic mass is 9.67. The van der Waals surface area contributed by atoms with Crippen LogP contribution in [0.3, 0.4) is 0 Å². The van der Waals surface area contributed by atoms with Crippen LogP contribution < -0.4 is 4.90 Å². The number of hydrogen-bond donors (Lipinski definition) is 0. The van der Waals surface area contributed by atoms with Gasteiger partial charge >= 0.3 is 0 Å². The van der Waals surface area contributed by atoms with Crippen LogP contribution in [0.15, 0.2) is 224 Å². The fourth-order valence-corrected chi connectivity index (χ4v) is 12.6. The second-order valence-electron chi connectivity index (χ2n) is 18.0. The summed E-state index contributed by atoms with van der Waals surface area (Å²) in [5.74, 6) is 0. The van der Waals surface area contributed by atoms with E-state index in [2.05, 4.69) is 243 Å². The van der Waals surface area contributed by atoms with Gasteiger partial charge in [0.15, 0.2) is 0 Å². The van der Waals surface area contributed by atoms with Gasteiger partial charge in [-0.05, 0) is 108 Å². The third-order valence-electron chi connectivity index (χ3n) is 14.4. The van der Waals surface area contributed by atoms with Gasteiger partial charge in [0.1, 0.15) is 0 Å². The van der Waals surface area contributed by atoms with Gasteiger partial charge < -0.3 is 4.90 Å². The minimum Gasteiger partial charge on any atom is -0.310 e. The van der Waals surface area contributed by atoms with Crippen LogP contribution in [0.1, 0.15) is 47.2 Å². The molecule has 0 radical (unpaired) electrons. The van der Waals surface area contributed by atoms with Crippen LogP contribution in [-0.2, 0) is 10.8 Å². The SMILES string of the molecule is CC1(C)c2ccccc2-c2ccc(N(c3ccc4c(c3)sc3ccccc34)c3cccc4c3-c3ccccc3C4(c3ccccc3)c3ccc(-c4cccc5ccccc45)cc3)cc21. The smallest absolute Gasteiger partial charge is 0.0714 e. The van der Waals surface area contributed by atoms with E-state index in [0.717, 1.165) is 11.4 Å². The van der Waals surface area contributed by atoms with Crippen molar-refractivity contribution in [3.05, 3.63) is 258 Å². The van der Waals surface area contributed by atoms with Crippen LogP contribution in [0, 0.1) is 0 Å². The number of fused-ring (bicyclic) bond motifs is 10. The maximum atomic E-state index is 2.55. The molecule has 0 saturated carbocycles. The Morgan fingerprint density at radius 3 is 1.83 bits per heavy atom. The van der Waals surface area contributed by atoms with Crippen molar-refractivity contribution in [2.75, 3.05) is 4.90 Å². The van der Waals surface area contributed by atoms with Crippen LogP contribution in [0.5, 0.6) is 0 Å². The zero-order valence-electron chi connectivity index (χ0n) is 35.7. The highest BCUT2D eigenvalue weighted by Crippen LogP contribution is 2.60. The summed E-state index contributed by atoms with van der Waals surface area (Å²) in [5, 5.41) is 5.13. The summed E-state index contributed by atoms with van der Waals surface area (Å²) in [7, 11) is 0. The molecule has 0 amide bonds. The van der Waals surface area contributed by atoms with Gasteiger partial charge in [-0.25, -0.2) is 0 Å². The molecule has 0 bridgehead atoms. The molecule has 0 N–H and O–H groups in total. The number of hydrogen-bond acceptors (Lipinski definition) is 2. The summed E-state index contributed by atoms with van der Waals surface area (Å²) in [6.45, 7) is 4.76. The fourth-order valence-electron chi connectivity index (χ4n) is 11.5. The average Bonchev–Trinajstić information content (AvgIpc) is 3.95. The van der Waals surface area contributed by atoms with E-state index in [1.54, 1.807) is 0 Å². The predicted octanol–water partition coefficient (Wildman–Crippen LogP) is 17.0. The number of rotatable bonds is 6. The second kappa shape index (κ2) is 14.0. The first kappa shape index (κ1) is 37.1. The Labute approximate surface area is 378 Å². The maximum Gasteiger partial charge on any atom is 0.0714 e. The third kappa shape index (κ3) is 5.24. The van der Waals surface area contributed by atoms with Crippen molar-refractivity contribution in [1.29, 1.82) is 0 Å². The summed E-state index contributed by atoms with van der Waals surface area (Å²) in [4.78, 5) is 2.55. The van der Waals surface area contributed by atoms with Crippen LogP contribution in [0.4, 0.5) is 17.1 Å². The quantitative estimate of drug-likeness (QED) is 0.161. The van der Waals surface area contributed by atoms with Gasteiger partial charge in [0.25, 0.3) is 0 Å². The van der Waals surface area contributed by atoms with E-state index in [4.69, 9.17) is 0 Å². The van der Waals surface area contributed by atoms with Crippen LogP contribution in [0.2, 0.25) is 0 Å². The highest BCUT2D eigenvalue weighted by atomic mass is 32.1. The van der Waals surface area contributed by atoms with Gasteiger partial charge in [0, 0.05) is 42.5 Å². The van der Waals surface area contributed by atoms with Crippen molar-refractivity contribution in [2.45, 2.75) is 24.7 Å². The molecule has 1 aromatic heterocycles. The lowest BCUT2D eigenvalue weighted by Gasteiger charge is -2.34. The lowest BCUT2D eigenvalue weighted by Crippen LogP contribution is -2.28. The fraction of sp³-hybridized carbons (Fsp3) is 0.0645. The summed E-state index contributed by atoms with van der Waals surface area (Å²) in [6, 6.07) is 84.2. The van der Waals surface area contributed by atoms with Gasteiger partial charge in [-0.2, -0.15) is 0 Å². The molecule has 2 aliphatic rings. The highest BCUT2D eigenvalue weighted by molar-refractivity contribution is 7.25. The number of anilines is 3. The van der Waals surface area contributed by atoms with Crippen molar-refractivity contribution in [1.82, 2.24) is 0 Å². The van der Waals surface area contributed by atoms with Gasteiger partial charge in [-0.15, -0.1) is 11.3 Å². The zero-order chi connectivity index (χ0) is 42.6. The molecular formula is C62H43NS. The molecule has 0 fully saturated rings. The number of nitrogens with zero attached hydrogens (tertiary/aromatic N) is 1. The molecule has 11 aromatic rings. The molecule has 2 heteroatoms. The van der Waals surface area contributed by atoms with E-state index < -0.39 is 5.41 Å². The minimum atomic E-state index is -0.566. The van der Waals surface area contributed by atoms with E-state index in [1.807, 2.05) is 11.3 Å². The molecule has 302 valence electrons. The normalized spacial score (nSPS) is 15.5. The van der Waals surface area contributed by atoms with Crippen LogP contribution in [-0.4, -0.2) is 0 Å². The molecule has 10 aromatic carbocycles. The summed E-state index contributed by atoms with van der Waals surface area (Å²) in [5.41, 5.74) is 18.2. The van der Waals surface area contributed by atoms with E-state index in [9.17, 15) is 0 Å². The second-order valence-corrected chi connectivity index (χ2v) is 19.1. The molecular weight excluding hydrogens is 791 g/mol. The first-order valence-electron chi connectivity index (χ1n) is 22.3. The lowest BCUT2D eigenvalue weighted by molar-refractivity contribution is 0.660. The molecule has 1 heterocycles. The van der Waals surface area contributed by atoms with E-state index >= 15 is 0 Å². The molecule has 2 aliphatic carbocycles. The summed E-state index contributed by atoms with van der Waals surface area (Å²) < 4.78 is 2.60. The first-order chi connectivity index (χ1) is 31.5. The number of thiophene rings is 1. The van der Waals surface area contributed by atoms with Crippen molar-refractivity contribution in [3.63, 3.8) is 0 Å². The topological polar surface area (TPSA) is 3.24 Å². The van der Waals surface area contributed by atoms with E-state index in [-0.39, 0.29) is 5.41 Å². The molecule has 1 unspecified atom stereocenters. The molecule has 1 atom stereocenters. The monoisotopic (exact) mass is 833 g/mol. The molecule has 0 saturated heterocycles. The van der Waals surface area contributed by atoms with Crippen molar-refractivity contribution >= 4 is 59.3 Å². The zero-order valence-corrected chi connectivity index (χ0v) is 36.5. The van der Waals surface area contributed by atoms with E-state index in [1.165, 1.54) is 103 Å². The molecule has 0 aliphatic heterocycles. The standard InChI is InChI=1S/C62H43NS/c1-61(2)53-25-11-8-21-48(53)49-36-34-44(38-56(49)61)63(45-35-37-51-50-22-10-13-29-58(50)64-59(51)39-45)57-28-15-27-55-60(57)52-23-9-12-26-54(52)62(55,42-18-4-3-5-19-42)43-32-30-41(31-33-43)47-24-14-17-40-16-6-7-20-46(40)47/h3-39H,1-2H3. The molecule has 0 spiro atoms. The van der Waals surface area contributed by atoms with Crippen LogP contribution in [0.25, 0.3) is 64.3 Å². The van der Waals surface area contributed by atoms with Gasteiger partial charge in [0.2, 0.25) is 0 Å². The Bertz CT molecular complexity index is 3650. The Balaban J connectivity index is 1.07.